The molecule has 1 rings (SSSR count). The number of unbranched alkanes of at least 4 members (excludes halogenated alkanes) is 1. The van der Waals surface area contributed by atoms with Gasteiger partial charge < -0.3 is 9.57 Å². The summed E-state index contributed by atoms with van der Waals surface area (Å²) < 4.78 is 5.01. The Bertz CT molecular complexity index is 530. The molecule has 0 aliphatic carbocycles. The first-order valence-corrected chi connectivity index (χ1v) is 6.63. The minimum atomic E-state index is -0.834. The van der Waals surface area contributed by atoms with Crippen molar-refractivity contribution < 1.29 is 24.4 Å². The molecule has 0 bridgehead atoms. The van der Waals surface area contributed by atoms with Crippen molar-refractivity contribution >= 4 is 11.7 Å². The minimum absolute atomic E-state index is 0.101. The predicted molar refractivity (Wildman–Crippen MR) is 74.8 cm³/mol. The molecule has 22 heavy (non-hydrogen) atoms. The molecule has 1 atom stereocenters. The molecule has 9 nitrogen and oxygen atoms in total. The van der Waals surface area contributed by atoms with Crippen LogP contribution in [0.1, 0.15) is 36.5 Å². The third-order valence-electron chi connectivity index (χ3n) is 2.82. The molecule has 1 aromatic carbocycles. The van der Waals surface area contributed by atoms with Crippen LogP contribution in [0.25, 0.3) is 0 Å². The van der Waals surface area contributed by atoms with Gasteiger partial charge in [0, 0.05) is 12.1 Å². The van der Waals surface area contributed by atoms with E-state index in [4.69, 9.17) is 4.74 Å². The standard InChI is InChI=1S/C13H16N2O7/c1-10(22-15(19)20)4-2-3-9-21-13(16)11-5-7-12(8-6-11)14(17)18/h5-8,10H,2-4,9H2,1H3. The number of benzene rings is 1. The Morgan fingerprint density at radius 3 is 2.36 bits per heavy atom. The van der Waals surface area contributed by atoms with E-state index in [0.29, 0.717) is 19.3 Å². The van der Waals surface area contributed by atoms with E-state index >= 15 is 0 Å². The van der Waals surface area contributed by atoms with Crippen molar-refractivity contribution in [1.29, 1.82) is 0 Å². The van der Waals surface area contributed by atoms with E-state index in [1.54, 1.807) is 6.92 Å². The highest BCUT2D eigenvalue weighted by Gasteiger charge is 2.11. The summed E-state index contributed by atoms with van der Waals surface area (Å²) in [6.45, 7) is 1.76. The van der Waals surface area contributed by atoms with Crippen molar-refractivity contribution in [2.45, 2.75) is 32.3 Å². The first-order valence-electron chi connectivity index (χ1n) is 6.63. The molecular formula is C13H16N2O7. The Morgan fingerprint density at radius 2 is 1.82 bits per heavy atom. The van der Waals surface area contributed by atoms with Crippen molar-refractivity contribution in [3.05, 3.63) is 50.1 Å². The first-order chi connectivity index (χ1) is 10.4. The van der Waals surface area contributed by atoms with Crippen LogP contribution >= 0.6 is 0 Å². The fourth-order valence-electron chi connectivity index (χ4n) is 1.70. The fraction of sp³-hybridized carbons (Fsp3) is 0.462. The molecular weight excluding hydrogens is 296 g/mol. The molecule has 0 heterocycles. The lowest BCUT2D eigenvalue weighted by molar-refractivity contribution is -0.767. The molecule has 0 radical (unpaired) electrons. The van der Waals surface area contributed by atoms with Gasteiger partial charge in [-0.2, -0.15) is 0 Å². The second-order valence-electron chi connectivity index (χ2n) is 4.58. The Hall–Kier alpha value is -2.71. The van der Waals surface area contributed by atoms with E-state index in [-0.39, 0.29) is 17.9 Å². The van der Waals surface area contributed by atoms with E-state index < -0.39 is 22.1 Å². The number of nitro groups is 1. The average molecular weight is 312 g/mol. The zero-order valence-electron chi connectivity index (χ0n) is 12.0. The van der Waals surface area contributed by atoms with E-state index in [0.717, 1.165) is 0 Å². The Kier molecular flexibility index (Phi) is 6.74. The summed E-state index contributed by atoms with van der Waals surface area (Å²) >= 11 is 0. The number of esters is 1. The Labute approximate surface area is 126 Å². The van der Waals surface area contributed by atoms with Crippen LogP contribution in [-0.4, -0.2) is 28.7 Å². The fourth-order valence-corrected chi connectivity index (χ4v) is 1.70. The normalized spacial score (nSPS) is 11.5. The Balaban J connectivity index is 2.26. The van der Waals surface area contributed by atoms with Crippen LogP contribution in [0.3, 0.4) is 0 Å². The molecule has 9 heteroatoms. The lowest BCUT2D eigenvalue weighted by Gasteiger charge is -2.09. The van der Waals surface area contributed by atoms with Crippen molar-refractivity contribution in [2.75, 3.05) is 6.61 Å². The van der Waals surface area contributed by atoms with Crippen molar-refractivity contribution in [1.82, 2.24) is 0 Å². The second kappa shape index (κ2) is 8.55. The van der Waals surface area contributed by atoms with Gasteiger partial charge in [-0.3, -0.25) is 10.1 Å². The van der Waals surface area contributed by atoms with Crippen LogP contribution in [0.15, 0.2) is 24.3 Å². The number of hydrogen-bond donors (Lipinski definition) is 0. The molecule has 1 unspecified atom stereocenters. The average Bonchev–Trinajstić information content (AvgIpc) is 2.46. The molecule has 120 valence electrons. The molecule has 0 fully saturated rings. The maximum absolute atomic E-state index is 11.7. The summed E-state index contributed by atoms with van der Waals surface area (Å²) in [6.07, 6.45) is 1.14. The number of hydrogen-bond acceptors (Lipinski definition) is 7. The molecule has 0 amide bonds. The summed E-state index contributed by atoms with van der Waals surface area (Å²) in [7, 11) is 0. The predicted octanol–water partition coefficient (Wildman–Crippen LogP) is 2.52. The maximum atomic E-state index is 11.7. The number of ether oxygens (including phenoxy) is 1. The molecule has 0 aliphatic rings. The first kappa shape index (κ1) is 17.3. The highest BCUT2D eigenvalue weighted by Crippen LogP contribution is 2.13. The largest absolute Gasteiger partial charge is 0.462 e. The third kappa shape index (κ3) is 6.16. The second-order valence-corrected chi connectivity index (χ2v) is 4.58. The van der Waals surface area contributed by atoms with E-state index in [1.165, 1.54) is 24.3 Å². The van der Waals surface area contributed by atoms with Gasteiger partial charge in [-0.05, 0) is 38.3 Å². The summed E-state index contributed by atoms with van der Waals surface area (Å²) in [4.78, 5) is 36.0. The van der Waals surface area contributed by atoms with E-state index in [1.807, 2.05) is 0 Å². The summed E-state index contributed by atoms with van der Waals surface area (Å²) in [5, 5.41) is 19.7. The highest BCUT2D eigenvalue weighted by molar-refractivity contribution is 5.89. The van der Waals surface area contributed by atoms with Gasteiger partial charge in [-0.15, -0.1) is 10.1 Å². The number of non-ortho nitro benzene ring substituents is 1. The molecule has 0 aromatic heterocycles. The summed E-state index contributed by atoms with van der Waals surface area (Å²) in [6, 6.07) is 5.11. The van der Waals surface area contributed by atoms with Gasteiger partial charge in [0.1, 0.15) is 6.10 Å². The highest BCUT2D eigenvalue weighted by atomic mass is 17.0. The van der Waals surface area contributed by atoms with Gasteiger partial charge in [0.25, 0.3) is 10.8 Å². The molecule has 0 saturated heterocycles. The minimum Gasteiger partial charge on any atom is -0.462 e. The number of nitro benzene ring substituents is 1. The molecule has 0 spiro atoms. The van der Waals surface area contributed by atoms with Crippen molar-refractivity contribution in [3.63, 3.8) is 0 Å². The van der Waals surface area contributed by atoms with Gasteiger partial charge in [0.05, 0.1) is 17.1 Å². The van der Waals surface area contributed by atoms with Crippen LogP contribution < -0.4 is 0 Å². The zero-order valence-corrected chi connectivity index (χ0v) is 12.0. The number of nitrogens with zero attached hydrogens (tertiary/aromatic N) is 2. The van der Waals surface area contributed by atoms with Crippen LogP contribution in [0.4, 0.5) is 5.69 Å². The summed E-state index contributed by atoms with van der Waals surface area (Å²) in [5.74, 6) is -0.565. The number of carbonyl (C=O) groups excluding carboxylic acids is 1. The molecule has 0 saturated carbocycles. The van der Waals surface area contributed by atoms with Crippen molar-refractivity contribution in [3.8, 4) is 0 Å². The van der Waals surface area contributed by atoms with Crippen LogP contribution in [-0.2, 0) is 9.57 Å². The number of rotatable bonds is 9. The van der Waals surface area contributed by atoms with Gasteiger partial charge in [0.15, 0.2) is 0 Å². The van der Waals surface area contributed by atoms with Gasteiger partial charge in [0.2, 0.25) is 0 Å². The lowest BCUT2D eigenvalue weighted by Crippen LogP contribution is -2.13. The molecule has 1 aromatic rings. The Morgan fingerprint density at radius 1 is 1.18 bits per heavy atom. The monoisotopic (exact) mass is 312 g/mol. The zero-order chi connectivity index (χ0) is 16.5. The van der Waals surface area contributed by atoms with Crippen LogP contribution in [0.2, 0.25) is 0 Å². The quantitative estimate of drug-likeness (QED) is 0.297. The van der Waals surface area contributed by atoms with E-state index in [2.05, 4.69) is 4.84 Å². The topological polar surface area (TPSA) is 122 Å². The third-order valence-corrected chi connectivity index (χ3v) is 2.82. The molecule has 0 N–H and O–H groups in total. The summed E-state index contributed by atoms with van der Waals surface area (Å²) in [5.41, 5.74) is 0.131. The van der Waals surface area contributed by atoms with Crippen LogP contribution in [0.5, 0.6) is 0 Å². The van der Waals surface area contributed by atoms with Gasteiger partial charge >= 0.3 is 5.97 Å². The molecule has 0 aliphatic heterocycles. The lowest BCUT2D eigenvalue weighted by atomic mass is 10.2. The smallest absolute Gasteiger partial charge is 0.338 e. The number of carbonyl (C=O) groups is 1. The van der Waals surface area contributed by atoms with Gasteiger partial charge in [-0.1, -0.05) is 0 Å². The van der Waals surface area contributed by atoms with Crippen molar-refractivity contribution in [2.24, 2.45) is 0 Å². The SMILES string of the molecule is CC(CCCCOC(=O)c1ccc([N+](=O)[O-])cc1)O[N+](=O)[O-]. The van der Waals surface area contributed by atoms with Crippen LogP contribution in [0, 0.1) is 20.2 Å². The van der Waals surface area contributed by atoms with Gasteiger partial charge in [-0.25, -0.2) is 4.79 Å². The van der Waals surface area contributed by atoms with E-state index in [9.17, 15) is 25.0 Å². The maximum Gasteiger partial charge on any atom is 0.338 e.